The molecule has 1 fully saturated rings. The molecule has 1 saturated heterocycles. The first-order valence-corrected chi connectivity index (χ1v) is 5.43. The van der Waals surface area contributed by atoms with Crippen LogP contribution >= 0.6 is 0 Å². The minimum atomic E-state index is 0.0663. The largest absolute Gasteiger partial charge is 0.337 e. The molecule has 0 atom stereocenters. The normalized spacial score (nSPS) is 15.3. The number of likely N-dealkylation sites (tertiary alicyclic amines) is 1. The van der Waals surface area contributed by atoms with E-state index < -0.39 is 0 Å². The van der Waals surface area contributed by atoms with Gasteiger partial charge in [0.15, 0.2) is 0 Å². The summed E-state index contributed by atoms with van der Waals surface area (Å²) in [6.45, 7) is 6.00. The van der Waals surface area contributed by atoms with E-state index in [9.17, 15) is 4.79 Å². The molecule has 1 amide bonds. The summed E-state index contributed by atoms with van der Waals surface area (Å²) in [5.74, 6) is 0.530. The summed E-state index contributed by atoms with van der Waals surface area (Å²) in [4.78, 5) is 17.8. The van der Waals surface area contributed by atoms with E-state index in [1.54, 1.807) is 6.20 Å². The molecule has 2 heterocycles. The van der Waals surface area contributed by atoms with Gasteiger partial charge in [0.05, 0.1) is 0 Å². The second-order valence-corrected chi connectivity index (χ2v) is 4.28. The quantitative estimate of drug-likeness (QED) is 0.738. The minimum Gasteiger partial charge on any atom is -0.337 e. The van der Waals surface area contributed by atoms with Crippen LogP contribution in [0.2, 0.25) is 0 Å². The van der Waals surface area contributed by atoms with Gasteiger partial charge in [0.1, 0.15) is 5.69 Å². The van der Waals surface area contributed by atoms with Gasteiger partial charge in [-0.2, -0.15) is 0 Å². The summed E-state index contributed by atoms with van der Waals surface area (Å²) in [5.41, 5.74) is 1.74. The van der Waals surface area contributed by atoms with E-state index in [4.69, 9.17) is 0 Å². The summed E-state index contributed by atoms with van der Waals surface area (Å²) >= 11 is 0. The van der Waals surface area contributed by atoms with Crippen LogP contribution in [0, 0.1) is 0 Å². The maximum absolute atomic E-state index is 11.8. The van der Waals surface area contributed by atoms with Crippen molar-refractivity contribution < 1.29 is 4.79 Å². The van der Waals surface area contributed by atoms with Gasteiger partial charge in [-0.1, -0.05) is 19.9 Å². The van der Waals surface area contributed by atoms with Gasteiger partial charge in [0.2, 0.25) is 0 Å². The molecular weight excluding hydrogens is 188 g/mol. The molecule has 1 aromatic rings. The molecule has 0 radical (unpaired) electrons. The van der Waals surface area contributed by atoms with Crippen LogP contribution in [0.4, 0.5) is 0 Å². The zero-order valence-corrected chi connectivity index (χ0v) is 9.23. The van der Waals surface area contributed by atoms with E-state index in [0.717, 1.165) is 19.5 Å². The van der Waals surface area contributed by atoms with Crippen molar-refractivity contribution in [2.45, 2.75) is 26.2 Å². The van der Waals surface area contributed by atoms with E-state index in [0.29, 0.717) is 11.6 Å². The van der Waals surface area contributed by atoms with Crippen molar-refractivity contribution in [1.29, 1.82) is 0 Å². The van der Waals surface area contributed by atoms with Gasteiger partial charge in [-0.05, 0) is 24.0 Å². The van der Waals surface area contributed by atoms with E-state index >= 15 is 0 Å². The fourth-order valence-electron chi connectivity index (χ4n) is 1.55. The lowest BCUT2D eigenvalue weighted by Crippen LogP contribution is -2.42. The lowest BCUT2D eigenvalue weighted by Gasteiger charge is -2.30. The zero-order valence-electron chi connectivity index (χ0n) is 9.23. The third kappa shape index (κ3) is 2.01. The third-order valence-corrected chi connectivity index (χ3v) is 2.82. The smallest absolute Gasteiger partial charge is 0.272 e. The average molecular weight is 204 g/mol. The number of nitrogens with zero attached hydrogens (tertiary/aromatic N) is 2. The molecule has 1 aliphatic heterocycles. The Morgan fingerprint density at radius 3 is 2.53 bits per heavy atom. The lowest BCUT2D eigenvalue weighted by molar-refractivity contribution is 0.0645. The minimum absolute atomic E-state index is 0.0663. The predicted molar refractivity (Wildman–Crippen MR) is 58.8 cm³/mol. The maximum Gasteiger partial charge on any atom is 0.272 e. The second-order valence-electron chi connectivity index (χ2n) is 4.28. The van der Waals surface area contributed by atoms with Gasteiger partial charge < -0.3 is 4.90 Å². The number of hydrogen-bond donors (Lipinski definition) is 0. The molecule has 15 heavy (non-hydrogen) atoms. The van der Waals surface area contributed by atoms with Crippen LogP contribution in [0.25, 0.3) is 0 Å². The maximum atomic E-state index is 11.8. The van der Waals surface area contributed by atoms with Crippen molar-refractivity contribution in [1.82, 2.24) is 9.88 Å². The van der Waals surface area contributed by atoms with Crippen LogP contribution in [0.3, 0.4) is 0 Å². The summed E-state index contributed by atoms with van der Waals surface area (Å²) in [5, 5.41) is 0. The first kappa shape index (κ1) is 10.1. The van der Waals surface area contributed by atoms with Crippen LogP contribution in [-0.4, -0.2) is 28.9 Å². The molecule has 3 nitrogen and oxygen atoms in total. The number of rotatable bonds is 2. The monoisotopic (exact) mass is 204 g/mol. The molecule has 3 heteroatoms. The van der Waals surface area contributed by atoms with E-state index in [1.165, 1.54) is 5.56 Å². The topological polar surface area (TPSA) is 33.2 Å². The van der Waals surface area contributed by atoms with Crippen molar-refractivity contribution in [2.75, 3.05) is 13.1 Å². The van der Waals surface area contributed by atoms with Crippen molar-refractivity contribution >= 4 is 5.91 Å². The number of hydrogen-bond acceptors (Lipinski definition) is 2. The highest BCUT2D eigenvalue weighted by molar-refractivity contribution is 5.92. The SMILES string of the molecule is CC(C)c1ccc(C(=O)N2CCC2)nc1. The first-order chi connectivity index (χ1) is 7.18. The molecule has 0 unspecified atom stereocenters. The van der Waals surface area contributed by atoms with Gasteiger partial charge in [-0.15, -0.1) is 0 Å². The number of amides is 1. The molecule has 1 aromatic heterocycles. The average Bonchev–Trinajstić information content (AvgIpc) is 2.15. The Bertz CT molecular complexity index is 352. The molecular formula is C12H16N2O. The van der Waals surface area contributed by atoms with Crippen LogP contribution < -0.4 is 0 Å². The molecule has 0 aromatic carbocycles. The van der Waals surface area contributed by atoms with Gasteiger partial charge in [-0.3, -0.25) is 9.78 Å². The molecule has 2 rings (SSSR count). The molecule has 0 aliphatic carbocycles. The molecule has 0 saturated carbocycles. The van der Waals surface area contributed by atoms with E-state index in [-0.39, 0.29) is 5.91 Å². The Morgan fingerprint density at radius 1 is 1.40 bits per heavy atom. The Balaban J connectivity index is 2.12. The highest BCUT2D eigenvalue weighted by atomic mass is 16.2. The van der Waals surface area contributed by atoms with Crippen molar-refractivity contribution in [3.8, 4) is 0 Å². The fraction of sp³-hybridized carbons (Fsp3) is 0.500. The lowest BCUT2D eigenvalue weighted by atomic mass is 10.1. The third-order valence-electron chi connectivity index (χ3n) is 2.82. The molecule has 0 N–H and O–H groups in total. The van der Waals surface area contributed by atoms with Crippen LogP contribution in [-0.2, 0) is 0 Å². The van der Waals surface area contributed by atoms with Crippen molar-refractivity contribution in [3.05, 3.63) is 29.6 Å². The van der Waals surface area contributed by atoms with Crippen molar-refractivity contribution in [2.24, 2.45) is 0 Å². The van der Waals surface area contributed by atoms with Crippen LogP contribution in [0.5, 0.6) is 0 Å². The number of carbonyl (C=O) groups is 1. The highest BCUT2D eigenvalue weighted by Gasteiger charge is 2.22. The second kappa shape index (κ2) is 4.01. The summed E-state index contributed by atoms with van der Waals surface area (Å²) in [6.07, 6.45) is 2.92. The molecule has 0 spiro atoms. The van der Waals surface area contributed by atoms with Gasteiger partial charge in [0, 0.05) is 19.3 Å². The fourth-order valence-corrected chi connectivity index (χ4v) is 1.55. The Labute approximate surface area is 90.1 Å². The van der Waals surface area contributed by atoms with Crippen LogP contribution in [0.15, 0.2) is 18.3 Å². The molecule has 1 aliphatic rings. The summed E-state index contributed by atoms with van der Waals surface area (Å²) in [6, 6.07) is 3.82. The molecule has 0 bridgehead atoms. The summed E-state index contributed by atoms with van der Waals surface area (Å²) < 4.78 is 0. The first-order valence-electron chi connectivity index (χ1n) is 5.43. The molecule has 80 valence electrons. The standard InChI is InChI=1S/C12H16N2O/c1-9(2)10-4-5-11(13-8-10)12(15)14-6-3-7-14/h4-5,8-9H,3,6-7H2,1-2H3. The van der Waals surface area contributed by atoms with Gasteiger partial charge in [-0.25, -0.2) is 0 Å². The van der Waals surface area contributed by atoms with Crippen molar-refractivity contribution in [3.63, 3.8) is 0 Å². The summed E-state index contributed by atoms with van der Waals surface area (Å²) in [7, 11) is 0. The van der Waals surface area contributed by atoms with Gasteiger partial charge >= 0.3 is 0 Å². The number of aromatic nitrogens is 1. The Morgan fingerprint density at radius 2 is 2.13 bits per heavy atom. The highest BCUT2D eigenvalue weighted by Crippen LogP contribution is 2.15. The Hall–Kier alpha value is -1.38. The van der Waals surface area contributed by atoms with Crippen LogP contribution in [0.1, 0.15) is 42.2 Å². The van der Waals surface area contributed by atoms with E-state index in [2.05, 4.69) is 18.8 Å². The number of pyridine rings is 1. The Kier molecular flexibility index (Phi) is 2.71. The predicted octanol–water partition coefficient (Wildman–Crippen LogP) is 2.05. The zero-order chi connectivity index (χ0) is 10.8. The van der Waals surface area contributed by atoms with Gasteiger partial charge in [0.25, 0.3) is 5.91 Å². The number of carbonyl (C=O) groups excluding carboxylic acids is 1. The van der Waals surface area contributed by atoms with E-state index in [1.807, 2.05) is 17.0 Å².